The van der Waals surface area contributed by atoms with Gasteiger partial charge in [-0.25, -0.2) is 0 Å². The van der Waals surface area contributed by atoms with Crippen molar-refractivity contribution in [2.24, 2.45) is 0 Å². The third-order valence-electron chi connectivity index (χ3n) is 9.64. The van der Waals surface area contributed by atoms with Crippen LogP contribution >= 0.6 is 11.3 Å². The van der Waals surface area contributed by atoms with Crippen LogP contribution in [0.5, 0.6) is 0 Å². The van der Waals surface area contributed by atoms with Crippen molar-refractivity contribution in [3.8, 4) is 22.3 Å². The summed E-state index contributed by atoms with van der Waals surface area (Å²) in [5.74, 6) is 0. The highest BCUT2D eigenvalue weighted by atomic mass is 32.1. The van der Waals surface area contributed by atoms with Gasteiger partial charge in [0.1, 0.15) is 11.2 Å². The summed E-state index contributed by atoms with van der Waals surface area (Å²) in [4.78, 5) is 2.38. The number of furan rings is 1. The van der Waals surface area contributed by atoms with Crippen LogP contribution < -0.4 is 4.90 Å². The molecular formula is C46H29NOS. The molecule has 10 aromatic rings. The number of thiophene rings is 1. The van der Waals surface area contributed by atoms with Gasteiger partial charge in [0.2, 0.25) is 0 Å². The van der Waals surface area contributed by atoms with Crippen LogP contribution in [0.1, 0.15) is 0 Å². The van der Waals surface area contributed by atoms with E-state index >= 15 is 0 Å². The fourth-order valence-electron chi connectivity index (χ4n) is 7.38. The van der Waals surface area contributed by atoms with Crippen LogP contribution in [0.4, 0.5) is 17.1 Å². The van der Waals surface area contributed by atoms with E-state index in [9.17, 15) is 0 Å². The SMILES string of the molecule is c1cc(-c2cccc3ccccc23)cc(N(c2cccc(-c3cccc4c3sc3ccccc34)c2)c2ccc3oc4ccccc4c3c2)c1. The molecule has 0 atom stereocenters. The van der Waals surface area contributed by atoms with Crippen molar-refractivity contribution in [2.75, 3.05) is 4.90 Å². The van der Waals surface area contributed by atoms with E-state index in [4.69, 9.17) is 4.42 Å². The van der Waals surface area contributed by atoms with Crippen LogP contribution in [-0.4, -0.2) is 0 Å². The Bertz CT molecular complexity index is 2850. The summed E-state index contributed by atoms with van der Waals surface area (Å²) >= 11 is 1.87. The molecular weight excluding hydrogens is 615 g/mol. The molecule has 2 aromatic heterocycles. The van der Waals surface area contributed by atoms with Gasteiger partial charge in [-0.2, -0.15) is 0 Å². The fourth-order valence-corrected chi connectivity index (χ4v) is 8.62. The number of rotatable bonds is 5. The number of benzene rings is 8. The predicted octanol–water partition coefficient (Wildman–Crippen LogP) is 13.9. The van der Waals surface area contributed by atoms with Gasteiger partial charge in [-0.3, -0.25) is 0 Å². The Morgan fingerprint density at radius 1 is 0.388 bits per heavy atom. The second kappa shape index (κ2) is 11.2. The average Bonchev–Trinajstić information content (AvgIpc) is 3.73. The van der Waals surface area contributed by atoms with Crippen LogP contribution in [-0.2, 0) is 0 Å². The van der Waals surface area contributed by atoms with Gasteiger partial charge in [-0.15, -0.1) is 11.3 Å². The van der Waals surface area contributed by atoms with Gasteiger partial charge in [0.15, 0.2) is 0 Å². The maximum Gasteiger partial charge on any atom is 0.135 e. The number of fused-ring (bicyclic) bond motifs is 7. The summed E-state index contributed by atoms with van der Waals surface area (Å²) in [6.07, 6.45) is 0. The minimum absolute atomic E-state index is 0.889. The van der Waals surface area contributed by atoms with Crippen molar-refractivity contribution >= 4 is 81.3 Å². The van der Waals surface area contributed by atoms with Gasteiger partial charge in [0.25, 0.3) is 0 Å². The number of hydrogen-bond acceptors (Lipinski definition) is 3. The van der Waals surface area contributed by atoms with Gasteiger partial charge in [-0.05, 0) is 87.6 Å². The molecule has 0 saturated carbocycles. The number of anilines is 3. The van der Waals surface area contributed by atoms with Crippen molar-refractivity contribution in [2.45, 2.75) is 0 Å². The summed E-state index contributed by atoms with van der Waals surface area (Å²) in [5.41, 5.74) is 9.90. The Kier molecular flexibility index (Phi) is 6.39. The highest BCUT2D eigenvalue weighted by Crippen LogP contribution is 2.44. The molecule has 49 heavy (non-hydrogen) atoms. The maximum atomic E-state index is 6.24. The molecule has 8 aromatic carbocycles. The van der Waals surface area contributed by atoms with E-state index in [0.29, 0.717) is 0 Å². The molecule has 10 rings (SSSR count). The summed E-state index contributed by atoms with van der Waals surface area (Å²) in [5, 5.41) is 7.33. The first-order valence-electron chi connectivity index (χ1n) is 16.6. The van der Waals surface area contributed by atoms with Crippen molar-refractivity contribution in [3.63, 3.8) is 0 Å². The Labute approximate surface area is 287 Å². The van der Waals surface area contributed by atoms with Crippen molar-refractivity contribution in [1.29, 1.82) is 0 Å². The minimum Gasteiger partial charge on any atom is -0.456 e. The third-order valence-corrected chi connectivity index (χ3v) is 10.9. The van der Waals surface area contributed by atoms with E-state index in [0.717, 1.165) is 39.0 Å². The Morgan fingerprint density at radius 2 is 0.980 bits per heavy atom. The van der Waals surface area contributed by atoms with Gasteiger partial charge < -0.3 is 9.32 Å². The van der Waals surface area contributed by atoms with Crippen molar-refractivity contribution in [1.82, 2.24) is 0 Å². The summed E-state index contributed by atoms with van der Waals surface area (Å²) in [6.45, 7) is 0. The first-order valence-corrected chi connectivity index (χ1v) is 17.4. The molecule has 0 N–H and O–H groups in total. The number of hydrogen-bond donors (Lipinski definition) is 0. The van der Waals surface area contributed by atoms with Gasteiger partial charge in [-0.1, -0.05) is 121 Å². The second-order valence-electron chi connectivity index (χ2n) is 12.5. The first kappa shape index (κ1) is 27.9. The molecule has 230 valence electrons. The fraction of sp³-hybridized carbons (Fsp3) is 0. The number of nitrogens with zero attached hydrogens (tertiary/aromatic N) is 1. The van der Waals surface area contributed by atoms with E-state index < -0.39 is 0 Å². The van der Waals surface area contributed by atoms with E-state index in [1.807, 2.05) is 23.5 Å². The molecule has 0 radical (unpaired) electrons. The molecule has 0 fully saturated rings. The smallest absolute Gasteiger partial charge is 0.135 e. The highest BCUT2D eigenvalue weighted by Gasteiger charge is 2.18. The lowest BCUT2D eigenvalue weighted by atomic mass is 9.97. The normalized spacial score (nSPS) is 11.7. The molecule has 0 aliphatic heterocycles. The molecule has 0 saturated heterocycles. The predicted molar refractivity (Wildman–Crippen MR) is 210 cm³/mol. The minimum atomic E-state index is 0.889. The molecule has 0 spiro atoms. The van der Waals surface area contributed by atoms with E-state index in [-0.39, 0.29) is 0 Å². The summed E-state index contributed by atoms with van der Waals surface area (Å²) in [6, 6.07) is 63.3. The number of para-hydroxylation sites is 1. The van der Waals surface area contributed by atoms with Gasteiger partial charge in [0, 0.05) is 48.0 Å². The van der Waals surface area contributed by atoms with Crippen LogP contribution in [0.15, 0.2) is 180 Å². The third kappa shape index (κ3) is 4.62. The molecule has 2 heterocycles. The lowest BCUT2D eigenvalue weighted by Crippen LogP contribution is -2.10. The zero-order valence-electron chi connectivity index (χ0n) is 26.5. The molecule has 0 aliphatic rings. The molecule has 0 bridgehead atoms. The Hall–Kier alpha value is -6.16. The van der Waals surface area contributed by atoms with Crippen molar-refractivity contribution < 1.29 is 4.42 Å². The molecule has 2 nitrogen and oxygen atoms in total. The monoisotopic (exact) mass is 643 g/mol. The van der Waals surface area contributed by atoms with Crippen LogP contribution in [0.3, 0.4) is 0 Å². The highest BCUT2D eigenvalue weighted by molar-refractivity contribution is 7.26. The van der Waals surface area contributed by atoms with Crippen LogP contribution in [0.2, 0.25) is 0 Å². The average molecular weight is 644 g/mol. The largest absolute Gasteiger partial charge is 0.456 e. The Morgan fingerprint density at radius 3 is 1.84 bits per heavy atom. The van der Waals surface area contributed by atoms with Gasteiger partial charge >= 0.3 is 0 Å². The summed E-state index contributed by atoms with van der Waals surface area (Å²) in [7, 11) is 0. The molecule has 0 aliphatic carbocycles. The van der Waals surface area contributed by atoms with Gasteiger partial charge in [0.05, 0.1) is 0 Å². The molecule has 0 unspecified atom stereocenters. The summed E-state index contributed by atoms with van der Waals surface area (Å²) < 4.78 is 8.87. The van der Waals surface area contributed by atoms with E-state index in [1.54, 1.807) is 0 Å². The van der Waals surface area contributed by atoms with Crippen LogP contribution in [0.25, 0.3) is 75.1 Å². The van der Waals surface area contributed by atoms with Crippen LogP contribution in [0, 0.1) is 0 Å². The van der Waals surface area contributed by atoms with Crippen molar-refractivity contribution in [3.05, 3.63) is 176 Å². The van der Waals surface area contributed by atoms with E-state index in [1.165, 1.54) is 53.2 Å². The Balaban J connectivity index is 1.18. The lowest BCUT2D eigenvalue weighted by molar-refractivity contribution is 0.669. The zero-order chi connectivity index (χ0) is 32.3. The lowest BCUT2D eigenvalue weighted by Gasteiger charge is -2.27. The standard InChI is InChI=1S/C46H29NOS/c1-2-17-36-30(11-1)12-9-20-37(36)31-13-7-15-33(27-31)47(35-25-26-44-42(29-35)39-18-3-5-23-43(39)48-44)34-16-8-14-32(28-34)38-21-10-22-41-40-19-4-6-24-45(40)49-46(38)41/h1-29H. The molecule has 0 amide bonds. The molecule has 3 heteroatoms. The topological polar surface area (TPSA) is 16.4 Å². The quantitative estimate of drug-likeness (QED) is 0.186. The first-order chi connectivity index (χ1) is 24.3. The van der Waals surface area contributed by atoms with E-state index in [2.05, 4.69) is 169 Å². The zero-order valence-corrected chi connectivity index (χ0v) is 27.3. The maximum absolute atomic E-state index is 6.24. The second-order valence-corrected chi connectivity index (χ2v) is 13.6.